The Morgan fingerprint density at radius 1 is 0.976 bits per heavy atom. The zero-order valence-electron chi connectivity index (χ0n) is 23.3. The molecule has 0 aliphatic heterocycles. The van der Waals surface area contributed by atoms with Crippen LogP contribution in [0.25, 0.3) is 0 Å². The van der Waals surface area contributed by atoms with Crippen molar-refractivity contribution >= 4 is 66.7 Å². The second-order valence-electron chi connectivity index (χ2n) is 10.3. The van der Waals surface area contributed by atoms with Crippen LogP contribution in [-0.2, 0) is 26.2 Å². The molecule has 1 aliphatic carbocycles. The van der Waals surface area contributed by atoms with E-state index in [1.165, 1.54) is 17.0 Å². The van der Waals surface area contributed by atoms with Gasteiger partial charge in [0, 0.05) is 27.1 Å². The summed E-state index contributed by atoms with van der Waals surface area (Å²) in [5.41, 5.74) is 0.916. The predicted molar refractivity (Wildman–Crippen MR) is 171 cm³/mol. The normalized spacial score (nSPS) is 14.7. The molecule has 0 unspecified atom stereocenters. The first-order valence-electron chi connectivity index (χ1n) is 14.0. The van der Waals surface area contributed by atoms with Crippen molar-refractivity contribution in [2.75, 3.05) is 10.8 Å². The third kappa shape index (κ3) is 8.07. The van der Waals surface area contributed by atoms with Crippen molar-refractivity contribution in [2.24, 2.45) is 0 Å². The van der Waals surface area contributed by atoms with Gasteiger partial charge in [0.15, 0.2) is 0 Å². The summed E-state index contributed by atoms with van der Waals surface area (Å²) in [6.07, 6.45) is 5.36. The molecular formula is C31H34BrCl2N3O4S. The third-order valence-electron chi connectivity index (χ3n) is 7.42. The molecule has 0 spiro atoms. The molecule has 0 radical (unpaired) electrons. The average molecular weight is 696 g/mol. The smallest absolute Gasteiger partial charge is 0.264 e. The summed E-state index contributed by atoms with van der Waals surface area (Å²) in [6.45, 7) is 1.32. The minimum absolute atomic E-state index is 0.00495. The number of amides is 2. The highest BCUT2D eigenvalue weighted by atomic mass is 79.9. The Hall–Kier alpha value is -2.59. The molecule has 3 aromatic rings. The number of carbonyl (C=O) groups excluding carboxylic acids is 2. The molecule has 0 bridgehead atoms. The van der Waals surface area contributed by atoms with Gasteiger partial charge in [0.1, 0.15) is 12.6 Å². The van der Waals surface area contributed by atoms with E-state index in [1.807, 2.05) is 6.92 Å². The molecule has 7 nitrogen and oxygen atoms in total. The molecular weight excluding hydrogens is 661 g/mol. The van der Waals surface area contributed by atoms with E-state index >= 15 is 0 Å². The van der Waals surface area contributed by atoms with Crippen LogP contribution in [0, 0.1) is 0 Å². The van der Waals surface area contributed by atoms with Gasteiger partial charge in [0.2, 0.25) is 11.8 Å². The molecule has 11 heteroatoms. The quantitative estimate of drug-likeness (QED) is 0.230. The minimum Gasteiger partial charge on any atom is -0.352 e. The van der Waals surface area contributed by atoms with Gasteiger partial charge >= 0.3 is 0 Å². The third-order valence-corrected chi connectivity index (χ3v) is 10.3. The summed E-state index contributed by atoms with van der Waals surface area (Å²) in [6, 6.07) is 18.8. The fourth-order valence-electron chi connectivity index (χ4n) is 5.15. The van der Waals surface area contributed by atoms with Gasteiger partial charge in [-0.25, -0.2) is 8.42 Å². The van der Waals surface area contributed by atoms with Gasteiger partial charge in [-0.1, -0.05) is 89.6 Å². The summed E-state index contributed by atoms with van der Waals surface area (Å²) in [7, 11) is -4.13. The first-order chi connectivity index (χ1) is 20.1. The molecule has 1 N–H and O–H groups in total. The summed E-state index contributed by atoms with van der Waals surface area (Å²) in [5, 5.41) is 3.93. The Kier molecular flexibility index (Phi) is 11.3. The van der Waals surface area contributed by atoms with E-state index in [-0.39, 0.29) is 23.4 Å². The fourth-order valence-corrected chi connectivity index (χ4v) is 7.32. The van der Waals surface area contributed by atoms with Crippen molar-refractivity contribution in [1.82, 2.24) is 10.2 Å². The first kappa shape index (κ1) is 32.3. The summed E-state index contributed by atoms with van der Waals surface area (Å²) in [4.78, 5) is 29.3. The van der Waals surface area contributed by atoms with Gasteiger partial charge in [0.05, 0.1) is 10.6 Å². The summed E-state index contributed by atoms with van der Waals surface area (Å²) in [5.74, 6) is -0.793. The highest BCUT2D eigenvalue weighted by molar-refractivity contribution is 9.10. The highest BCUT2D eigenvalue weighted by Gasteiger charge is 2.34. The van der Waals surface area contributed by atoms with E-state index in [0.29, 0.717) is 27.7 Å². The SMILES string of the molecule is CC[C@H](C(=O)NC1CCCCC1)N(Cc1ccc(Cl)cc1Cl)C(=O)CN(c1ccc(Br)cc1)S(=O)(=O)c1ccccc1. The largest absolute Gasteiger partial charge is 0.352 e. The van der Waals surface area contributed by atoms with Crippen molar-refractivity contribution < 1.29 is 18.0 Å². The van der Waals surface area contributed by atoms with Gasteiger partial charge in [-0.2, -0.15) is 0 Å². The topological polar surface area (TPSA) is 86.8 Å². The van der Waals surface area contributed by atoms with E-state index in [1.54, 1.807) is 60.7 Å². The lowest BCUT2D eigenvalue weighted by molar-refractivity contribution is -0.140. The maximum absolute atomic E-state index is 14.2. The maximum atomic E-state index is 14.2. The second kappa shape index (κ2) is 14.7. The lowest BCUT2D eigenvalue weighted by atomic mass is 9.95. The van der Waals surface area contributed by atoms with E-state index in [0.717, 1.165) is 40.9 Å². The van der Waals surface area contributed by atoms with Gasteiger partial charge in [0.25, 0.3) is 10.0 Å². The van der Waals surface area contributed by atoms with E-state index in [2.05, 4.69) is 21.2 Å². The van der Waals surface area contributed by atoms with Crippen LogP contribution in [0.3, 0.4) is 0 Å². The Morgan fingerprint density at radius 2 is 1.64 bits per heavy atom. The Morgan fingerprint density at radius 3 is 2.26 bits per heavy atom. The van der Waals surface area contributed by atoms with E-state index in [9.17, 15) is 18.0 Å². The monoisotopic (exact) mass is 693 g/mol. The van der Waals surface area contributed by atoms with E-state index < -0.39 is 28.5 Å². The number of halogens is 3. The number of carbonyl (C=O) groups is 2. The number of anilines is 1. The molecule has 3 aromatic carbocycles. The fraction of sp³-hybridized carbons (Fsp3) is 0.355. The Labute approximate surface area is 266 Å². The predicted octanol–water partition coefficient (Wildman–Crippen LogP) is 7.21. The number of hydrogen-bond acceptors (Lipinski definition) is 4. The maximum Gasteiger partial charge on any atom is 0.264 e. The molecule has 1 aliphatic rings. The standard InChI is InChI=1S/C31H34BrCl2N3O4S/c1-2-29(31(39)35-25-9-5-3-6-10-25)36(20-22-13-16-24(33)19-28(22)34)30(38)21-37(26-17-14-23(32)15-18-26)42(40,41)27-11-7-4-8-12-27/h4,7-8,11-19,25,29H,2-3,5-6,9-10,20-21H2,1H3,(H,35,39)/t29-/m1/s1. The van der Waals surface area contributed by atoms with Gasteiger partial charge < -0.3 is 10.2 Å². The minimum atomic E-state index is -4.13. The lowest BCUT2D eigenvalue weighted by Gasteiger charge is -2.34. The molecule has 1 saturated carbocycles. The molecule has 4 rings (SSSR count). The molecule has 224 valence electrons. The van der Waals surface area contributed by atoms with Crippen molar-refractivity contribution in [1.29, 1.82) is 0 Å². The van der Waals surface area contributed by atoms with Gasteiger partial charge in [-0.3, -0.25) is 13.9 Å². The number of nitrogens with one attached hydrogen (secondary N) is 1. The van der Waals surface area contributed by atoms with Crippen LogP contribution < -0.4 is 9.62 Å². The Bertz CT molecular complexity index is 1480. The number of benzene rings is 3. The van der Waals surface area contributed by atoms with Crippen molar-refractivity contribution in [2.45, 2.75) is 69.0 Å². The molecule has 0 heterocycles. The molecule has 42 heavy (non-hydrogen) atoms. The number of sulfonamides is 1. The Balaban J connectivity index is 1.71. The van der Waals surface area contributed by atoms with Crippen molar-refractivity contribution in [3.63, 3.8) is 0 Å². The van der Waals surface area contributed by atoms with Crippen LogP contribution in [0.5, 0.6) is 0 Å². The van der Waals surface area contributed by atoms with Crippen LogP contribution in [0.2, 0.25) is 10.0 Å². The molecule has 2 amide bonds. The van der Waals surface area contributed by atoms with Crippen molar-refractivity contribution in [3.8, 4) is 0 Å². The molecule has 0 aromatic heterocycles. The van der Waals surface area contributed by atoms with E-state index in [4.69, 9.17) is 23.2 Å². The number of hydrogen-bond donors (Lipinski definition) is 1. The van der Waals surface area contributed by atoms with Crippen LogP contribution in [0.1, 0.15) is 51.0 Å². The number of nitrogens with zero attached hydrogens (tertiary/aromatic N) is 2. The van der Waals surface area contributed by atoms with Crippen LogP contribution in [-0.4, -0.2) is 43.8 Å². The summed E-state index contributed by atoms with van der Waals surface area (Å²) >= 11 is 16.0. The van der Waals surface area contributed by atoms with Crippen LogP contribution in [0.4, 0.5) is 5.69 Å². The summed E-state index contributed by atoms with van der Waals surface area (Å²) < 4.78 is 29.6. The van der Waals surface area contributed by atoms with Crippen molar-refractivity contribution in [3.05, 3.63) is 92.9 Å². The average Bonchev–Trinajstić information content (AvgIpc) is 2.98. The second-order valence-corrected chi connectivity index (χ2v) is 13.9. The molecule has 1 atom stereocenters. The highest BCUT2D eigenvalue weighted by Crippen LogP contribution is 2.28. The molecule has 0 saturated heterocycles. The van der Waals surface area contributed by atoms with Gasteiger partial charge in [-0.05, 0) is 73.4 Å². The zero-order chi connectivity index (χ0) is 30.3. The molecule has 1 fully saturated rings. The van der Waals surface area contributed by atoms with Gasteiger partial charge in [-0.15, -0.1) is 0 Å². The van der Waals surface area contributed by atoms with Crippen LogP contribution in [0.15, 0.2) is 82.2 Å². The first-order valence-corrected chi connectivity index (χ1v) is 17.0. The number of rotatable bonds is 11. The van der Waals surface area contributed by atoms with Crippen LogP contribution >= 0.6 is 39.1 Å². The zero-order valence-corrected chi connectivity index (χ0v) is 27.2. The lowest BCUT2D eigenvalue weighted by Crippen LogP contribution is -2.54.